The Labute approximate surface area is 198 Å². The molecule has 0 saturated carbocycles. The molecular weight excluding hydrogens is 426 g/mol. The third-order valence-electron chi connectivity index (χ3n) is 8.32. The van der Waals surface area contributed by atoms with Crippen LogP contribution in [0.5, 0.6) is 0 Å². The van der Waals surface area contributed by atoms with E-state index < -0.39 is 0 Å². The topological polar surface area (TPSA) is 24.1 Å². The van der Waals surface area contributed by atoms with E-state index in [0.29, 0.717) is 0 Å². The van der Waals surface area contributed by atoms with Gasteiger partial charge in [0.2, 0.25) is 0 Å². The van der Waals surface area contributed by atoms with Crippen LogP contribution in [0.2, 0.25) is 0 Å². The Morgan fingerprint density at radius 2 is 1.03 bits per heavy atom. The lowest BCUT2D eigenvalue weighted by Crippen LogP contribution is -2.32. The predicted octanol–water partition coefficient (Wildman–Crippen LogP) is 7.62. The number of hydrogen-bond donors (Lipinski definition) is 2. The Kier molecular flexibility index (Phi) is 4.45. The molecule has 0 radical (unpaired) electrons. The molecule has 0 aromatic heterocycles. The molecule has 2 aliphatic heterocycles. The van der Waals surface area contributed by atoms with E-state index in [9.17, 15) is 8.78 Å². The Hall–Kier alpha value is -3.40. The Morgan fingerprint density at radius 1 is 0.588 bits per heavy atom. The zero-order valence-electron chi connectivity index (χ0n) is 18.7. The van der Waals surface area contributed by atoms with Crippen LogP contribution in [0.1, 0.15) is 59.0 Å². The molecule has 2 nitrogen and oxygen atoms in total. The predicted molar refractivity (Wildman–Crippen MR) is 132 cm³/mol. The number of halogens is 2. The minimum absolute atomic E-state index is 0.0654. The zero-order valence-corrected chi connectivity index (χ0v) is 18.7. The molecule has 0 spiro atoms. The van der Waals surface area contributed by atoms with Crippen LogP contribution in [0, 0.1) is 23.5 Å². The molecule has 0 amide bonds. The summed E-state index contributed by atoms with van der Waals surface area (Å²) in [6.45, 7) is 0. The monoisotopic (exact) mass is 452 g/mol. The number of allylic oxidation sites excluding steroid dienone is 4. The smallest absolute Gasteiger partial charge is 0.128 e. The molecular formula is C30H26F2N2. The lowest BCUT2D eigenvalue weighted by atomic mass is 9.73. The van der Waals surface area contributed by atoms with Gasteiger partial charge in [0.15, 0.2) is 0 Å². The third-order valence-corrected chi connectivity index (χ3v) is 8.32. The van der Waals surface area contributed by atoms with Gasteiger partial charge in [-0.15, -0.1) is 0 Å². The van der Waals surface area contributed by atoms with Gasteiger partial charge in [-0.2, -0.15) is 0 Å². The summed E-state index contributed by atoms with van der Waals surface area (Å²) in [5, 5.41) is 7.43. The molecule has 170 valence electrons. The second-order valence-corrected chi connectivity index (χ2v) is 10.0. The van der Waals surface area contributed by atoms with E-state index in [-0.39, 0.29) is 47.4 Å². The molecule has 0 saturated heterocycles. The number of fused-ring (bicyclic) bond motifs is 6. The van der Waals surface area contributed by atoms with Crippen LogP contribution in [-0.4, -0.2) is 0 Å². The van der Waals surface area contributed by atoms with Crippen LogP contribution in [0.15, 0.2) is 85.0 Å². The lowest BCUT2D eigenvalue weighted by Gasteiger charge is -2.42. The molecule has 0 bridgehead atoms. The van der Waals surface area contributed by atoms with Crippen molar-refractivity contribution in [2.24, 2.45) is 11.8 Å². The summed E-state index contributed by atoms with van der Waals surface area (Å²) in [7, 11) is 0. The van der Waals surface area contributed by atoms with Crippen molar-refractivity contribution in [3.63, 3.8) is 0 Å². The highest BCUT2D eigenvalue weighted by molar-refractivity contribution is 5.71. The van der Waals surface area contributed by atoms with E-state index in [2.05, 4.69) is 47.1 Å². The fraction of sp³-hybridized carbons (Fsp3) is 0.267. The molecule has 4 aliphatic rings. The van der Waals surface area contributed by atoms with Crippen molar-refractivity contribution < 1.29 is 8.78 Å². The number of anilines is 2. The number of hydrogen-bond acceptors (Lipinski definition) is 2. The first-order chi connectivity index (χ1) is 16.7. The molecule has 0 unspecified atom stereocenters. The molecule has 3 aromatic rings. The number of rotatable bonds is 2. The Morgan fingerprint density at radius 3 is 1.47 bits per heavy atom. The van der Waals surface area contributed by atoms with Crippen LogP contribution >= 0.6 is 0 Å². The van der Waals surface area contributed by atoms with Crippen molar-refractivity contribution in [1.29, 1.82) is 0 Å². The molecule has 0 fully saturated rings. The average Bonchev–Trinajstić information content (AvgIpc) is 3.54. The van der Waals surface area contributed by atoms with E-state index in [1.54, 1.807) is 24.3 Å². The van der Waals surface area contributed by atoms with E-state index >= 15 is 0 Å². The van der Waals surface area contributed by atoms with E-state index in [0.717, 1.165) is 35.3 Å². The average molecular weight is 453 g/mol. The molecule has 7 rings (SSSR count). The normalized spacial score (nSPS) is 30.1. The second kappa shape index (κ2) is 7.56. The Balaban J connectivity index is 1.33. The van der Waals surface area contributed by atoms with Gasteiger partial charge in [0, 0.05) is 34.3 Å². The van der Waals surface area contributed by atoms with Gasteiger partial charge < -0.3 is 10.6 Å². The van der Waals surface area contributed by atoms with Crippen LogP contribution in [-0.2, 0) is 0 Å². The summed E-state index contributed by atoms with van der Waals surface area (Å²) < 4.78 is 29.6. The molecule has 2 N–H and O–H groups in total. The molecule has 3 aromatic carbocycles. The molecule has 2 aliphatic carbocycles. The van der Waals surface area contributed by atoms with Gasteiger partial charge in [0.05, 0.1) is 12.1 Å². The fourth-order valence-corrected chi connectivity index (χ4v) is 6.75. The van der Waals surface area contributed by atoms with E-state index in [4.69, 9.17) is 0 Å². The fourth-order valence-electron chi connectivity index (χ4n) is 6.75. The standard InChI is InChI=1S/C30H26F2N2/c31-25-13-3-1-7-21(25)29-19-11-5-9-17(19)23-16-28-24(15-27(23)33-29)18-10-6-12-20(18)30(34-28)22-8-2-4-14-26(22)32/h1-10,13-20,29-30,33-34H,11-12H2/t17-,18-,19+,20+,29-,30-/m1/s1. The highest BCUT2D eigenvalue weighted by Gasteiger charge is 2.43. The van der Waals surface area contributed by atoms with Crippen molar-refractivity contribution in [3.8, 4) is 0 Å². The third kappa shape index (κ3) is 2.91. The quantitative estimate of drug-likeness (QED) is 0.391. The summed E-state index contributed by atoms with van der Waals surface area (Å²) in [6.07, 6.45) is 10.9. The minimum atomic E-state index is -0.153. The first-order valence-corrected chi connectivity index (χ1v) is 12.2. The van der Waals surface area contributed by atoms with Crippen LogP contribution in [0.4, 0.5) is 20.2 Å². The Bertz CT molecular complexity index is 1240. The largest absolute Gasteiger partial charge is 0.378 e. The summed E-state index contributed by atoms with van der Waals surface area (Å²) in [4.78, 5) is 0. The van der Waals surface area contributed by atoms with Crippen LogP contribution < -0.4 is 10.6 Å². The van der Waals surface area contributed by atoms with Gasteiger partial charge in [-0.05, 0) is 60.1 Å². The lowest BCUT2D eigenvalue weighted by molar-refractivity contribution is 0.405. The summed E-state index contributed by atoms with van der Waals surface area (Å²) in [6, 6.07) is 18.6. The highest BCUT2D eigenvalue weighted by atomic mass is 19.1. The van der Waals surface area contributed by atoms with Gasteiger partial charge in [0.1, 0.15) is 11.6 Å². The highest BCUT2D eigenvalue weighted by Crippen LogP contribution is 2.55. The first-order valence-electron chi connectivity index (χ1n) is 12.2. The minimum Gasteiger partial charge on any atom is -0.378 e. The van der Waals surface area contributed by atoms with Crippen molar-refractivity contribution >= 4 is 11.4 Å². The maximum absolute atomic E-state index is 14.8. The summed E-state index contributed by atoms with van der Waals surface area (Å²) in [5.41, 5.74) is 6.13. The maximum atomic E-state index is 14.8. The maximum Gasteiger partial charge on any atom is 0.128 e. The van der Waals surface area contributed by atoms with Crippen molar-refractivity contribution in [2.45, 2.75) is 36.8 Å². The number of nitrogens with one attached hydrogen (secondary N) is 2. The van der Waals surface area contributed by atoms with Gasteiger partial charge in [0.25, 0.3) is 0 Å². The van der Waals surface area contributed by atoms with Crippen molar-refractivity contribution in [1.82, 2.24) is 0 Å². The van der Waals surface area contributed by atoms with Crippen molar-refractivity contribution in [2.75, 3.05) is 10.6 Å². The molecule has 4 heteroatoms. The molecule has 6 atom stereocenters. The van der Waals surface area contributed by atoms with Gasteiger partial charge in [-0.1, -0.05) is 60.7 Å². The van der Waals surface area contributed by atoms with Gasteiger partial charge in [-0.25, -0.2) is 8.78 Å². The molecule has 34 heavy (non-hydrogen) atoms. The SMILES string of the molecule is Fc1ccccc1[C@@H]1Nc2cc3c(cc2[C@@H]2C=CC[C@@H]21)N[C@@H](c1ccccc1F)[C@H]1CC=C[C@@H]31. The van der Waals surface area contributed by atoms with Crippen LogP contribution in [0.3, 0.4) is 0 Å². The van der Waals surface area contributed by atoms with Crippen molar-refractivity contribution in [3.05, 3.63) is 119 Å². The number of benzene rings is 3. The van der Waals surface area contributed by atoms with E-state index in [1.807, 2.05) is 24.3 Å². The summed E-state index contributed by atoms with van der Waals surface area (Å²) >= 11 is 0. The van der Waals surface area contributed by atoms with E-state index in [1.165, 1.54) is 11.1 Å². The van der Waals surface area contributed by atoms with Crippen LogP contribution in [0.25, 0.3) is 0 Å². The second-order valence-electron chi connectivity index (χ2n) is 10.0. The zero-order chi connectivity index (χ0) is 22.8. The van der Waals surface area contributed by atoms with Gasteiger partial charge in [-0.3, -0.25) is 0 Å². The first kappa shape index (κ1) is 20.0. The summed E-state index contributed by atoms with van der Waals surface area (Å²) in [5.74, 6) is 0.703. The van der Waals surface area contributed by atoms with Gasteiger partial charge >= 0.3 is 0 Å². The molecule has 2 heterocycles.